The van der Waals surface area contributed by atoms with Gasteiger partial charge in [-0.05, 0) is 32.3 Å². The predicted octanol–water partition coefficient (Wildman–Crippen LogP) is 2.64. The summed E-state index contributed by atoms with van der Waals surface area (Å²) < 4.78 is 39.4. The van der Waals surface area contributed by atoms with E-state index < -0.39 is 12.1 Å². The molecule has 0 aromatic carbocycles. The lowest BCUT2D eigenvalue weighted by Crippen LogP contribution is -2.46. The van der Waals surface area contributed by atoms with Crippen molar-refractivity contribution in [2.45, 2.75) is 51.0 Å². The zero-order valence-corrected chi connectivity index (χ0v) is 18.9. The van der Waals surface area contributed by atoms with Gasteiger partial charge in [-0.15, -0.1) is 11.3 Å². The Bertz CT molecular complexity index is 942. The highest BCUT2D eigenvalue weighted by molar-refractivity contribution is 7.09. The third-order valence-corrected chi connectivity index (χ3v) is 6.25. The van der Waals surface area contributed by atoms with E-state index in [1.807, 2.05) is 18.5 Å². The fourth-order valence-corrected chi connectivity index (χ4v) is 4.46. The number of carboxylic acids is 1. The first-order valence-electron chi connectivity index (χ1n) is 10.5. The number of aryl methyl sites for hydroxylation is 1. The number of aliphatic carboxylic acids is 1. The predicted molar refractivity (Wildman–Crippen MR) is 113 cm³/mol. The monoisotopic (exact) mass is 489 g/mol. The number of nitrogens with one attached hydrogen (secondary N) is 1. The van der Waals surface area contributed by atoms with E-state index in [1.165, 1.54) is 17.0 Å². The number of nitrogens with zero attached hydrogens (tertiary/aromatic N) is 4. The van der Waals surface area contributed by atoms with Crippen molar-refractivity contribution in [1.29, 1.82) is 0 Å². The maximum absolute atomic E-state index is 12.2. The first-order chi connectivity index (χ1) is 15.6. The van der Waals surface area contributed by atoms with Gasteiger partial charge in [0, 0.05) is 50.5 Å². The Morgan fingerprint density at radius 2 is 2.03 bits per heavy atom. The fraction of sp³-hybridized carbons (Fsp3) is 0.600. The van der Waals surface area contributed by atoms with Crippen LogP contribution in [0.3, 0.4) is 0 Å². The van der Waals surface area contributed by atoms with Crippen molar-refractivity contribution < 1.29 is 32.6 Å². The number of ether oxygens (including phenoxy) is 1. The van der Waals surface area contributed by atoms with Gasteiger partial charge in [0.1, 0.15) is 5.69 Å². The summed E-state index contributed by atoms with van der Waals surface area (Å²) in [5.41, 5.74) is 1.77. The number of carbonyl (C=O) groups excluding carboxylic acids is 1. The Morgan fingerprint density at radius 1 is 1.33 bits per heavy atom. The second-order valence-electron chi connectivity index (χ2n) is 7.79. The zero-order valence-electron chi connectivity index (χ0n) is 18.0. The van der Waals surface area contributed by atoms with Gasteiger partial charge in [0.25, 0.3) is 5.91 Å². The molecule has 33 heavy (non-hydrogen) atoms. The van der Waals surface area contributed by atoms with Gasteiger partial charge in [0.15, 0.2) is 0 Å². The first kappa shape index (κ1) is 25.1. The Balaban J connectivity index is 0.000000383. The average Bonchev–Trinajstić information content (AvgIpc) is 3.43. The fourth-order valence-electron chi connectivity index (χ4n) is 3.87. The second-order valence-corrected chi connectivity index (χ2v) is 8.86. The quantitative estimate of drug-likeness (QED) is 0.665. The highest BCUT2D eigenvalue weighted by Crippen LogP contribution is 2.27. The van der Waals surface area contributed by atoms with Gasteiger partial charge in [-0.25, -0.2) is 9.78 Å². The summed E-state index contributed by atoms with van der Waals surface area (Å²) in [5, 5.41) is 17.4. The second kappa shape index (κ2) is 11.1. The molecule has 0 saturated carbocycles. The highest BCUT2D eigenvalue weighted by Gasteiger charge is 2.38. The molecule has 9 nitrogen and oxygen atoms in total. The molecule has 13 heteroatoms. The van der Waals surface area contributed by atoms with Crippen LogP contribution in [0.25, 0.3) is 0 Å². The summed E-state index contributed by atoms with van der Waals surface area (Å²) in [6, 6.07) is 2.98. The number of amides is 1. The zero-order chi connectivity index (χ0) is 24.0. The molecule has 4 rings (SSSR count). The van der Waals surface area contributed by atoms with Crippen LogP contribution in [-0.4, -0.2) is 75.2 Å². The largest absolute Gasteiger partial charge is 0.490 e. The highest BCUT2D eigenvalue weighted by atomic mass is 32.1. The summed E-state index contributed by atoms with van der Waals surface area (Å²) in [7, 11) is 0. The molecule has 1 atom stereocenters. The van der Waals surface area contributed by atoms with E-state index in [-0.39, 0.29) is 11.9 Å². The van der Waals surface area contributed by atoms with Gasteiger partial charge < -0.3 is 15.2 Å². The van der Waals surface area contributed by atoms with Crippen molar-refractivity contribution in [3.63, 3.8) is 0 Å². The summed E-state index contributed by atoms with van der Waals surface area (Å²) >= 11 is 1.50. The number of alkyl halides is 3. The Hall–Kier alpha value is -2.51. The van der Waals surface area contributed by atoms with Gasteiger partial charge in [-0.2, -0.15) is 18.3 Å². The van der Waals surface area contributed by atoms with Gasteiger partial charge in [-0.1, -0.05) is 0 Å². The summed E-state index contributed by atoms with van der Waals surface area (Å²) in [5.74, 6) is -2.85. The van der Waals surface area contributed by atoms with Crippen molar-refractivity contribution >= 4 is 23.2 Å². The number of hydrogen-bond donors (Lipinski definition) is 2. The van der Waals surface area contributed by atoms with Crippen molar-refractivity contribution in [2.24, 2.45) is 0 Å². The van der Waals surface area contributed by atoms with E-state index >= 15 is 0 Å². The summed E-state index contributed by atoms with van der Waals surface area (Å²) in [6.07, 6.45) is -0.142. The lowest BCUT2D eigenvalue weighted by atomic mass is 10.0. The van der Waals surface area contributed by atoms with Crippen LogP contribution in [0, 0.1) is 6.92 Å². The molecule has 0 spiro atoms. The maximum Gasteiger partial charge on any atom is 0.490 e. The molecule has 4 heterocycles. The lowest BCUT2D eigenvalue weighted by molar-refractivity contribution is -0.192. The molecular formula is C20H26F3N5O4S. The molecule has 2 aromatic heterocycles. The molecule has 0 radical (unpaired) electrons. The van der Waals surface area contributed by atoms with Crippen LogP contribution in [0.5, 0.6) is 0 Å². The SMILES string of the molecule is Cc1nc(C(=O)NCCC2CN(C3CCOCC3)Cc3ccnn32)cs1.O=C(O)C(F)(F)F. The maximum atomic E-state index is 12.2. The van der Waals surface area contributed by atoms with Crippen molar-refractivity contribution in [1.82, 2.24) is 25.0 Å². The van der Waals surface area contributed by atoms with Crippen LogP contribution in [-0.2, 0) is 16.1 Å². The number of rotatable bonds is 5. The van der Waals surface area contributed by atoms with Crippen LogP contribution in [0.15, 0.2) is 17.6 Å². The molecule has 2 aromatic rings. The minimum atomic E-state index is -5.08. The number of hydrogen-bond acceptors (Lipinski definition) is 7. The van der Waals surface area contributed by atoms with E-state index in [9.17, 15) is 18.0 Å². The Morgan fingerprint density at radius 3 is 2.64 bits per heavy atom. The van der Waals surface area contributed by atoms with Gasteiger partial charge in [0.2, 0.25) is 0 Å². The van der Waals surface area contributed by atoms with Gasteiger partial charge >= 0.3 is 12.1 Å². The molecule has 1 fully saturated rings. The number of aromatic nitrogens is 3. The van der Waals surface area contributed by atoms with Crippen LogP contribution in [0.4, 0.5) is 13.2 Å². The first-order valence-corrected chi connectivity index (χ1v) is 11.4. The molecule has 2 aliphatic rings. The minimum absolute atomic E-state index is 0.0906. The molecule has 0 bridgehead atoms. The molecule has 1 unspecified atom stereocenters. The Labute approximate surface area is 192 Å². The van der Waals surface area contributed by atoms with Crippen molar-refractivity contribution in [2.75, 3.05) is 26.3 Å². The van der Waals surface area contributed by atoms with Crippen LogP contribution < -0.4 is 5.32 Å². The minimum Gasteiger partial charge on any atom is -0.475 e. The van der Waals surface area contributed by atoms with Crippen LogP contribution in [0.1, 0.15) is 46.5 Å². The topological polar surface area (TPSA) is 110 Å². The normalized spacial score (nSPS) is 19.3. The van der Waals surface area contributed by atoms with E-state index in [2.05, 4.69) is 31.0 Å². The van der Waals surface area contributed by atoms with Crippen LogP contribution in [0.2, 0.25) is 0 Å². The third-order valence-electron chi connectivity index (χ3n) is 5.47. The molecule has 1 amide bonds. The number of carbonyl (C=O) groups is 2. The Kier molecular flexibility index (Phi) is 8.43. The molecule has 2 N–H and O–H groups in total. The number of fused-ring (bicyclic) bond motifs is 1. The summed E-state index contributed by atoms with van der Waals surface area (Å²) in [4.78, 5) is 27.9. The molecule has 2 aliphatic heterocycles. The standard InChI is InChI=1S/C18H25N5O2S.C2HF3O2/c1-13-21-17(12-26-13)18(24)19-6-2-15-10-22(14-4-8-25-9-5-14)11-16-3-7-20-23(15)16;3-2(4,5)1(6)7/h3,7,12,14-15H,2,4-6,8-11H2,1H3,(H,19,24);(H,6,7). The number of thiazole rings is 1. The van der Waals surface area contributed by atoms with Gasteiger partial charge in [-0.3, -0.25) is 14.4 Å². The lowest BCUT2D eigenvalue weighted by Gasteiger charge is -2.40. The molecule has 1 saturated heterocycles. The van der Waals surface area contributed by atoms with E-state index in [1.54, 1.807) is 0 Å². The van der Waals surface area contributed by atoms with E-state index in [0.717, 1.165) is 50.6 Å². The van der Waals surface area contributed by atoms with Gasteiger partial charge in [0.05, 0.1) is 16.7 Å². The van der Waals surface area contributed by atoms with E-state index in [4.69, 9.17) is 14.6 Å². The number of carboxylic acid groups (broad SMARTS) is 1. The smallest absolute Gasteiger partial charge is 0.475 e. The number of halogens is 3. The average molecular weight is 490 g/mol. The van der Waals surface area contributed by atoms with Crippen molar-refractivity contribution in [3.8, 4) is 0 Å². The molecule has 0 aliphatic carbocycles. The third kappa shape index (κ3) is 6.98. The summed E-state index contributed by atoms with van der Waals surface area (Å²) in [6.45, 7) is 6.17. The van der Waals surface area contributed by atoms with Crippen molar-refractivity contribution in [3.05, 3.63) is 34.0 Å². The molecular weight excluding hydrogens is 463 g/mol. The molecule has 182 valence electrons. The van der Waals surface area contributed by atoms with Crippen LogP contribution >= 0.6 is 11.3 Å². The van der Waals surface area contributed by atoms with E-state index in [0.29, 0.717) is 18.3 Å².